The minimum Gasteiger partial charge on any atom is -0.481 e. The molecule has 0 aliphatic heterocycles. The maximum Gasteiger partial charge on any atom is 0.309 e. The normalized spacial score (nSPS) is 25.8. The Bertz CT molecular complexity index is 508. The van der Waals surface area contributed by atoms with Gasteiger partial charge in [-0.1, -0.05) is 37.4 Å². The van der Waals surface area contributed by atoms with Crippen molar-refractivity contribution in [2.45, 2.75) is 51.9 Å². The van der Waals surface area contributed by atoms with Crippen LogP contribution in [0.5, 0.6) is 0 Å². The van der Waals surface area contributed by atoms with Gasteiger partial charge in [0.1, 0.15) is 5.82 Å². The molecule has 2 rings (SSSR count). The average molecular weight is 313 g/mol. The largest absolute Gasteiger partial charge is 0.481 e. The van der Waals surface area contributed by atoms with E-state index in [0.29, 0.717) is 25.2 Å². The summed E-state index contributed by atoms with van der Waals surface area (Å²) in [4.78, 5) is 11.8. The van der Waals surface area contributed by atoms with E-state index in [1.54, 1.807) is 12.1 Å². The SMILES string of the molecule is CCCC1CCC(Cc2ccc(F)c(Cl)c2)(C(=O)O)CC1. The molecule has 1 fully saturated rings. The zero-order chi connectivity index (χ0) is 15.5. The van der Waals surface area contributed by atoms with E-state index in [0.717, 1.165) is 24.8 Å². The molecule has 0 bridgehead atoms. The van der Waals surface area contributed by atoms with Crippen molar-refractivity contribution in [1.29, 1.82) is 0 Å². The molecule has 1 aliphatic carbocycles. The van der Waals surface area contributed by atoms with Crippen LogP contribution in [0.3, 0.4) is 0 Å². The van der Waals surface area contributed by atoms with E-state index in [1.807, 2.05) is 0 Å². The molecule has 4 heteroatoms. The van der Waals surface area contributed by atoms with Crippen LogP contribution in [0, 0.1) is 17.2 Å². The topological polar surface area (TPSA) is 37.3 Å². The summed E-state index contributed by atoms with van der Waals surface area (Å²) >= 11 is 5.80. The lowest BCUT2D eigenvalue weighted by molar-refractivity contribution is -0.151. The van der Waals surface area contributed by atoms with Crippen LogP contribution in [0.4, 0.5) is 4.39 Å². The van der Waals surface area contributed by atoms with E-state index in [1.165, 1.54) is 12.5 Å². The molecule has 0 amide bonds. The Morgan fingerprint density at radius 1 is 1.43 bits per heavy atom. The molecule has 1 aromatic rings. The van der Waals surface area contributed by atoms with Crippen LogP contribution in [0.25, 0.3) is 0 Å². The zero-order valence-electron chi connectivity index (χ0n) is 12.4. The Morgan fingerprint density at radius 2 is 2.10 bits per heavy atom. The van der Waals surface area contributed by atoms with Gasteiger partial charge in [-0.15, -0.1) is 0 Å². The Hall–Kier alpha value is -1.09. The number of halogens is 2. The van der Waals surface area contributed by atoms with E-state index < -0.39 is 17.2 Å². The molecular weight excluding hydrogens is 291 g/mol. The number of carboxylic acid groups (broad SMARTS) is 1. The Labute approximate surface area is 130 Å². The second-order valence-electron chi connectivity index (χ2n) is 6.24. The molecular formula is C17H22ClFO2. The van der Waals surface area contributed by atoms with Crippen molar-refractivity contribution >= 4 is 17.6 Å². The molecule has 1 N–H and O–H groups in total. The monoisotopic (exact) mass is 312 g/mol. The lowest BCUT2D eigenvalue weighted by Gasteiger charge is -2.37. The van der Waals surface area contributed by atoms with Gasteiger partial charge < -0.3 is 5.11 Å². The van der Waals surface area contributed by atoms with E-state index in [4.69, 9.17) is 11.6 Å². The maximum absolute atomic E-state index is 13.2. The number of hydrogen-bond donors (Lipinski definition) is 1. The van der Waals surface area contributed by atoms with Crippen LogP contribution >= 0.6 is 11.6 Å². The van der Waals surface area contributed by atoms with Crippen molar-refractivity contribution in [2.75, 3.05) is 0 Å². The van der Waals surface area contributed by atoms with Crippen molar-refractivity contribution in [2.24, 2.45) is 11.3 Å². The van der Waals surface area contributed by atoms with Gasteiger partial charge in [0, 0.05) is 0 Å². The van der Waals surface area contributed by atoms with Crippen LogP contribution in [0.15, 0.2) is 18.2 Å². The molecule has 21 heavy (non-hydrogen) atoms. The summed E-state index contributed by atoms with van der Waals surface area (Å²) in [6.45, 7) is 2.17. The molecule has 116 valence electrons. The molecule has 0 saturated heterocycles. The molecule has 0 atom stereocenters. The van der Waals surface area contributed by atoms with Gasteiger partial charge in [0.15, 0.2) is 0 Å². The maximum atomic E-state index is 13.2. The average Bonchev–Trinajstić information content (AvgIpc) is 2.45. The van der Waals surface area contributed by atoms with Crippen molar-refractivity contribution in [3.63, 3.8) is 0 Å². The number of carboxylic acids is 1. The van der Waals surface area contributed by atoms with Gasteiger partial charge in [-0.05, 0) is 55.7 Å². The van der Waals surface area contributed by atoms with Crippen LogP contribution in [-0.4, -0.2) is 11.1 Å². The van der Waals surface area contributed by atoms with E-state index >= 15 is 0 Å². The van der Waals surface area contributed by atoms with Crippen molar-refractivity contribution in [1.82, 2.24) is 0 Å². The minimum atomic E-state index is -0.738. The first-order valence-corrected chi connectivity index (χ1v) is 8.02. The van der Waals surface area contributed by atoms with Gasteiger partial charge in [-0.25, -0.2) is 4.39 Å². The second kappa shape index (κ2) is 6.78. The van der Waals surface area contributed by atoms with Gasteiger partial charge in [0.2, 0.25) is 0 Å². The molecule has 0 unspecified atom stereocenters. The quantitative estimate of drug-likeness (QED) is 0.823. The fraction of sp³-hybridized carbons (Fsp3) is 0.588. The predicted molar refractivity (Wildman–Crippen MR) is 82.0 cm³/mol. The third kappa shape index (κ3) is 3.76. The van der Waals surface area contributed by atoms with Gasteiger partial charge in [-0.3, -0.25) is 4.79 Å². The summed E-state index contributed by atoms with van der Waals surface area (Å²) in [6, 6.07) is 4.51. The highest BCUT2D eigenvalue weighted by molar-refractivity contribution is 6.30. The molecule has 1 aromatic carbocycles. The zero-order valence-corrected chi connectivity index (χ0v) is 13.1. The van der Waals surface area contributed by atoms with Crippen molar-refractivity contribution in [3.05, 3.63) is 34.6 Å². The van der Waals surface area contributed by atoms with Gasteiger partial charge in [-0.2, -0.15) is 0 Å². The van der Waals surface area contributed by atoms with Crippen LogP contribution in [0.2, 0.25) is 5.02 Å². The lowest BCUT2D eigenvalue weighted by atomic mass is 9.67. The van der Waals surface area contributed by atoms with E-state index in [9.17, 15) is 14.3 Å². The van der Waals surface area contributed by atoms with Crippen molar-refractivity contribution in [3.8, 4) is 0 Å². The van der Waals surface area contributed by atoms with Gasteiger partial charge >= 0.3 is 5.97 Å². The summed E-state index contributed by atoms with van der Waals surface area (Å²) in [6.07, 6.45) is 6.09. The molecule has 0 radical (unpaired) electrons. The highest BCUT2D eigenvalue weighted by Gasteiger charge is 2.41. The molecule has 0 spiro atoms. The van der Waals surface area contributed by atoms with Gasteiger partial charge in [0.05, 0.1) is 10.4 Å². The molecule has 2 nitrogen and oxygen atoms in total. The summed E-state index contributed by atoms with van der Waals surface area (Å²) < 4.78 is 13.2. The summed E-state index contributed by atoms with van der Waals surface area (Å²) in [5, 5.41) is 9.75. The highest BCUT2D eigenvalue weighted by Crippen LogP contribution is 2.43. The minimum absolute atomic E-state index is 0.0627. The first-order valence-electron chi connectivity index (χ1n) is 7.64. The van der Waals surface area contributed by atoms with E-state index in [-0.39, 0.29) is 5.02 Å². The fourth-order valence-electron chi connectivity index (χ4n) is 3.43. The Morgan fingerprint density at radius 3 is 2.62 bits per heavy atom. The first-order chi connectivity index (χ1) is 9.97. The van der Waals surface area contributed by atoms with Crippen LogP contribution in [-0.2, 0) is 11.2 Å². The molecule has 1 aliphatic rings. The Kier molecular flexibility index (Phi) is 5.26. The second-order valence-corrected chi connectivity index (χ2v) is 6.65. The fourth-order valence-corrected chi connectivity index (χ4v) is 3.64. The summed E-state index contributed by atoms with van der Waals surface area (Å²) in [5.74, 6) is -0.548. The first kappa shape index (κ1) is 16.3. The molecule has 1 saturated carbocycles. The number of benzene rings is 1. The van der Waals surface area contributed by atoms with Gasteiger partial charge in [0.25, 0.3) is 0 Å². The van der Waals surface area contributed by atoms with Crippen molar-refractivity contribution < 1.29 is 14.3 Å². The number of rotatable bonds is 5. The van der Waals surface area contributed by atoms with Crippen LogP contribution < -0.4 is 0 Å². The Balaban J connectivity index is 2.12. The predicted octanol–water partition coefficient (Wildman–Crippen LogP) is 5.08. The third-order valence-corrected chi connectivity index (χ3v) is 5.03. The summed E-state index contributed by atoms with van der Waals surface area (Å²) in [7, 11) is 0. The molecule has 0 heterocycles. The smallest absolute Gasteiger partial charge is 0.309 e. The third-order valence-electron chi connectivity index (χ3n) is 4.74. The van der Waals surface area contributed by atoms with Crippen LogP contribution in [0.1, 0.15) is 51.0 Å². The van der Waals surface area contributed by atoms with E-state index in [2.05, 4.69) is 6.92 Å². The number of hydrogen-bond acceptors (Lipinski definition) is 1. The number of carbonyl (C=O) groups is 1. The lowest BCUT2D eigenvalue weighted by Crippen LogP contribution is -2.37. The standard InChI is InChI=1S/C17H22ClFO2/c1-2-3-12-6-8-17(9-7-12,16(20)21)11-13-4-5-15(19)14(18)10-13/h4-5,10,12H,2-3,6-9,11H2,1H3,(H,20,21). The molecule has 0 aromatic heterocycles. The number of aliphatic carboxylic acids is 1. The highest BCUT2D eigenvalue weighted by atomic mass is 35.5. The summed E-state index contributed by atoms with van der Waals surface area (Å²) in [5.41, 5.74) is 0.0866.